The lowest BCUT2D eigenvalue weighted by atomic mass is 9.97. The molecule has 5 N–H and O–H groups in total. The Hall–Kier alpha value is -1.62. The van der Waals surface area contributed by atoms with Gasteiger partial charge in [0.25, 0.3) is 0 Å². The van der Waals surface area contributed by atoms with E-state index in [-0.39, 0.29) is 12.3 Å². The second kappa shape index (κ2) is 4.71. The molecule has 0 spiro atoms. The van der Waals surface area contributed by atoms with Crippen LogP contribution in [0, 0.1) is 0 Å². The number of phenolic OH excluding ortho intramolecular Hbond substituents is 1. The lowest BCUT2D eigenvalue weighted by Crippen LogP contribution is -2.27. The minimum atomic E-state index is -1.05. The highest BCUT2D eigenvalue weighted by Crippen LogP contribution is 2.31. The number of hydrogen-bond donors (Lipinski definition) is 4. The van der Waals surface area contributed by atoms with Crippen molar-refractivity contribution in [1.29, 1.82) is 0 Å². The van der Waals surface area contributed by atoms with Gasteiger partial charge in [-0.3, -0.25) is 0 Å². The van der Waals surface area contributed by atoms with Gasteiger partial charge in [0.15, 0.2) is 0 Å². The van der Waals surface area contributed by atoms with Crippen LogP contribution in [0.2, 0.25) is 0 Å². The molecular weight excluding hydrogens is 218 g/mol. The molecule has 0 aliphatic carbocycles. The Bertz CT molecular complexity index is 527. The first-order valence-electron chi connectivity index (χ1n) is 5.42. The summed E-state index contributed by atoms with van der Waals surface area (Å²) in [6, 6.07) is 10.3. The molecule has 0 aliphatic heterocycles. The first kappa shape index (κ1) is 11.9. The molecule has 0 aliphatic rings. The third-order valence-corrected chi connectivity index (χ3v) is 2.86. The van der Waals surface area contributed by atoms with Crippen LogP contribution in [-0.2, 0) is 0 Å². The zero-order chi connectivity index (χ0) is 12.4. The highest BCUT2D eigenvalue weighted by molar-refractivity contribution is 5.91. The molecule has 2 atom stereocenters. The normalized spacial score (nSPS) is 14.8. The summed E-state index contributed by atoms with van der Waals surface area (Å²) in [5.74, 6) is 0.152. The number of fused-ring (bicyclic) bond motifs is 1. The van der Waals surface area contributed by atoms with Crippen molar-refractivity contribution in [3.63, 3.8) is 0 Å². The van der Waals surface area contributed by atoms with Crippen molar-refractivity contribution in [2.24, 2.45) is 5.73 Å². The van der Waals surface area contributed by atoms with Crippen LogP contribution in [0.4, 0.5) is 0 Å². The van der Waals surface area contributed by atoms with Crippen LogP contribution >= 0.6 is 0 Å². The number of aromatic hydroxyl groups is 1. The molecule has 0 saturated heterocycles. The van der Waals surface area contributed by atoms with Gasteiger partial charge in [-0.25, -0.2) is 0 Å². The molecule has 0 radical (unpaired) electrons. The van der Waals surface area contributed by atoms with Gasteiger partial charge in [-0.15, -0.1) is 0 Å². The van der Waals surface area contributed by atoms with Gasteiger partial charge in [-0.2, -0.15) is 0 Å². The summed E-state index contributed by atoms with van der Waals surface area (Å²) in [6.07, 6.45) is -2.06. The van der Waals surface area contributed by atoms with Crippen LogP contribution in [0.1, 0.15) is 11.7 Å². The molecule has 4 nitrogen and oxygen atoms in total. The van der Waals surface area contributed by atoms with Crippen LogP contribution in [0.15, 0.2) is 36.4 Å². The molecule has 2 aromatic carbocycles. The molecule has 0 aromatic heterocycles. The minimum Gasteiger partial charge on any atom is -0.507 e. The number of aliphatic hydroxyl groups excluding tert-OH is 2. The van der Waals surface area contributed by atoms with Crippen molar-refractivity contribution < 1.29 is 15.3 Å². The van der Waals surface area contributed by atoms with Crippen LogP contribution < -0.4 is 5.73 Å². The van der Waals surface area contributed by atoms with E-state index >= 15 is 0 Å². The summed E-state index contributed by atoms with van der Waals surface area (Å²) in [4.78, 5) is 0. The predicted molar refractivity (Wildman–Crippen MR) is 65.6 cm³/mol. The van der Waals surface area contributed by atoms with Gasteiger partial charge in [0.05, 0.1) is 6.10 Å². The van der Waals surface area contributed by atoms with Crippen molar-refractivity contribution in [3.05, 3.63) is 42.0 Å². The second-order valence-electron chi connectivity index (χ2n) is 3.97. The van der Waals surface area contributed by atoms with E-state index < -0.39 is 12.2 Å². The maximum Gasteiger partial charge on any atom is 0.123 e. The Balaban J connectivity index is 2.59. The van der Waals surface area contributed by atoms with Crippen molar-refractivity contribution in [3.8, 4) is 5.75 Å². The molecule has 2 aromatic rings. The number of benzene rings is 2. The van der Waals surface area contributed by atoms with Gasteiger partial charge in [-0.05, 0) is 17.0 Å². The standard InChI is InChI=1S/C13H15NO3/c14-7-12(16)13(17)10-5-6-11(15)9-4-2-1-3-8(9)10/h1-6,12-13,15-17H,7,14H2. The van der Waals surface area contributed by atoms with E-state index in [0.29, 0.717) is 16.3 Å². The zero-order valence-corrected chi connectivity index (χ0v) is 9.24. The average Bonchev–Trinajstić information content (AvgIpc) is 2.38. The Morgan fingerprint density at radius 1 is 1.00 bits per heavy atom. The fourth-order valence-corrected chi connectivity index (χ4v) is 1.90. The van der Waals surface area contributed by atoms with Gasteiger partial charge < -0.3 is 21.1 Å². The molecule has 0 bridgehead atoms. The van der Waals surface area contributed by atoms with Crippen LogP contribution in [0.25, 0.3) is 10.8 Å². The number of phenols is 1. The first-order valence-corrected chi connectivity index (χ1v) is 5.42. The highest BCUT2D eigenvalue weighted by atomic mass is 16.3. The summed E-state index contributed by atoms with van der Waals surface area (Å²) >= 11 is 0. The van der Waals surface area contributed by atoms with E-state index in [9.17, 15) is 15.3 Å². The third kappa shape index (κ3) is 2.10. The summed E-state index contributed by atoms with van der Waals surface area (Å²) in [5, 5.41) is 30.6. The van der Waals surface area contributed by atoms with Crippen molar-refractivity contribution >= 4 is 10.8 Å². The number of nitrogens with two attached hydrogens (primary N) is 1. The van der Waals surface area contributed by atoms with Crippen LogP contribution in [0.5, 0.6) is 5.75 Å². The monoisotopic (exact) mass is 233 g/mol. The van der Waals surface area contributed by atoms with E-state index in [1.165, 1.54) is 6.07 Å². The van der Waals surface area contributed by atoms with Gasteiger partial charge in [-0.1, -0.05) is 30.3 Å². The second-order valence-corrected chi connectivity index (χ2v) is 3.97. The van der Waals surface area contributed by atoms with Crippen molar-refractivity contribution in [2.45, 2.75) is 12.2 Å². The maximum atomic E-state index is 9.97. The topological polar surface area (TPSA) is 86.7 Å². The first-order chi connectivity index (χ1) is 8.15. The van der Waals surface area contributed by atoms with E-state index in [1.807, 2.05) is 6.07 Å². The fourth-order valence-electron chi connectivity index (χ4n) is 1.90. The molecule has 0 fully saturated rings. The van der Waals surface area contributed by atoms with Gasteiger partial charge in [0, 0.05) is 11.9 Å². The smallest absolute Gasteiger partial charge is 0.123 e. The van der Waals surface area contributed by atoms with E-state index in [1.54, 1.807) is 24.3 Å². The largest absolute Gasteiger partial charge is 0.507 e. The average molecular weight is 233 g/mol. The Labute approximate surface area is 98.9 Å². The summed E-state index contributed by atoms with van der Waals surface area (Å²) in [7, 11) is 0. The fraction of sp³-hybridized carbons (Fsp3) is 0.231. The Kier molecular flexibility index (Phi) is 3.28. The third-order valence-electron chi connectivity index (χ3n) is 2.86. The number of aliphatic hydroxyl groups is 2. The summed E-state index contributed by atoms with van der Waals surface area (Å²) in [5.41, 5.74) is 5.89. The molecule has 0 amide bonds. The molecule has 2 unspecified atom stereocenters. The molecule has 17 heavy (non-hydrogen) atoms. The predicted octanol–water partition coefficient (Wildman–Crippen LogP) is 0.898. The van der Waals surface area contributed by atoms with Crippen LogP contribution in [-0.4, -0.2) is 28.0 Å². The molecule has 90 valence electrons. The Morgan fingerprint density at radius 2 is 1.65 bits per heavy atom. The molecule has 4 heteroatoms. The van der Waals surface area contributed by atoms with Crippen molar-refractivity contribution in [1.82, 2.24) is 0 Å². The molecule has 0 saturated carbocycles. The summed E-state index contributed by atoms with van der Waals surface area (Å²) in [6.45, 7) is -0.0175. The quantitative estimate of drug-likeness (QED) is 0.634. The maximum absolute atomic E-state index is 9.97. The van der Waals surface area contributed by atoms with Gasteiger partial charge >= 0.3 is 0 Å². The summed E-state index contributed by atoms with van der Waals surface area (Å²) < 4.78 is 0. The van der Waals surface area contributed by atoms with Gasteiger partial charge in [0.2, 0.25) is 0 Å². The van der Waals surface area contributed by atoms with E-state index in [4.69, 9.17) is 5.73 Å². The van der Waals surface area contributed by atoms with Crippen LogP contribution in [0.3, 0.4) is 0 Å². The molecule has 0 heterocycles. The van der Waals surface area contributed by atoms with Crippen molar-refractivity contribution in [2.75, 3.05) is 6.54 Å². The van der Waals surface area contributed by atoms with Gasteiger partial charge in [0.1, 0.15) is 11.9 Å². The lowest BCUT2D eigenvalue weighted by Gasteiger charge is -2.18. The molecular formula is C13H15NO3. The number of hydrogen-bond acceptors (Lipinski definition) is 4. The highest BCUT2D eigenvalue weighted by Gasteiger charge is 2.19. The number of rotatable bonds is 3. The van der Waals surface area contributed by atoms with E-state index in [0.717, 1.165) is 0 Å². The SMILES string of the molecule is NCC(O)C(O)c1ccc(O)c2ccccc12. The Morgan fingerprint density at radius 3 is 2.29 bits per heavy atom. The zero-order valence-electron chi connectivity index (χ0n) is 9.24. The molecule has 2 rings (SSSR count). The van der Waals surface area contributed by atoms with E-state index in [2.05, 4.69) is 0 Å². The lowest BCUT2D eigenvalue weighted by molar-refractivity contribution is 0.0252. The minimum absolute atomic E-state index is 0.0175.